The number of nitriles is 1. The highest BCUT2D eigenvalue weighted by Crippen LogP contribution is 2.09. The molecule has 0 bridgehead atoms. The van der Waals surface area contributed by atoms with Gasteiger partial charge in [-0.3, -0.25) is 9.59 Å². The zero-order chi connectivity index (χ0) is 14.4. The molecule has 0 radical (unpaired) electrons. The zero-order valence-electron chi connectivity index (χ0n) is 9.82. The van der Waals surface area contributed by atoms with Crippen LogP contribution >= 0.6 is 0 Å². The molecule has 0 unspecified atom stereocenters. The third-order valence-electron chi connectivity index (χ3n) is 2.38. The van der Waals surface area contributed by atoms with Crippen molar-refractivity contribution >= 4 is 11.8 Å². The van der Waals surface area contributed by atoms with E-state index in [9.17, 15) is 18.4 Å². The molecule has 1 aromatic rings. The summed E-state index contributed by atoms with van der Waals surface area (Å²) in [5.74, 6) is -3.81. The van der Waals surface area contributed by atoms with Gasteiger partial charge in [-0.25, -0.2) is 8.78 Å². The van der Waals surface area contributed by atoms with Crippen LogP contribution in [0.1, 0.15) is 23.2 Å². The van der Waals surface area contributed by atoms with E-state index in [1.165, 1.54) is 0 Å². The van der Waals surface area contributed by atoms with E-state index in [2.05, 4.69) is 5.32 Å². The van der Waals surface area contributed by atoms with Gasteiger partial charge >= 0.3 is 0 Å². The van der Waals surface area contributed by atoms with Gasteiger partial charge in [-0.1, -0.05) is 0 Å². The number of hydrogen-bond donors (Lipinski definition) is 2. The smallest absolute Gasteiger partial charge is 0.252 e. The summed E-state index contributed by atoms with van der Waals surface area (Å²) in [7, 11) is 0. The molecule has 2 amide bonds. The lowest BCUT2D eigenvalue weighted by Crippen LogP contribution is -2.44. The maximum atomic E-state index is 12.9. The molecule has 0 saturated carbocycles. The van der Waals surface area contributed by atoms with Gasteiger partial charge in [0, 0.05) is 12.0 Å². The molecule has 0 aliphatic heterocycles. The summed E-state index contributed by atoms with van der Waals surface area (Å²) >= 11 is 0. The molecule has 0 spiro atoms. The van der Waals surface area contributed by atoms with Crippen LogP contribution in [0.2, 0.25) is 0 Å². The monoisotopic (exact) mass is 267 g/mol. The second-order valence-corrected chi connectivity index (χ2v) is 3.75. The number of nitrogens with two attached hydrogens (primary N) is 1. The Morgan fingerprint density at radius 3 is 2.58 bits per heavy atom. The fraction of sp³-hybridized carbons (Fsp3) is 0.250. The second kappa shape index (κ2) is 6.44. The molecule has 3 N–H and O–H groups in total. The fourth-order valence-corrected chi connectivity index (χ4v) is 1.37. The van der Waals surface area contributed by atoms with Crippen molar-refractivity contribution in [3.05, 3.63) is 35.4 Å². The number of nitrogens with zero attached hydrogens (tertiary/aromatic N) is 1. The van der Waals surface area contributed by atoms with E-state index in [-0.39, 0.29) is 18.4 Å². The molecule has 19 heavy (non-hydrogen) atoms. The number of benzene rings is 1. The van der Waals surface area contributed by atoms with Crippen LogP contribution in [0.4, 0.5) is 8.78 Å². The number of hydrogen-bond acceptors (Lipinski definition) is 3. The van der Waals surface area contributed by atoms with Crippen molar-refractivity contribution in [1.29, 1.82) is 5.26 Å². The van der Waals surface area contributed by atoms with Crippen LogP contribution in [-0.4, -0.2) is 17.9 Å². The topological polar surface area (TPSA) is 96.0 Å². The molecule has 0 aliphatic rings. The minimum absolute atomic E-state index is 0.0334. The van der Waals surface area contributed by atoms with E-state index in [0.29, 0.717) is 6.07 Å². The molecule has 0 fully saturated rings. The number of halogens is 2. The summed E-state index contributed by atoms with van der Waals surface area (Å²) in [6.45, 7) is 0. The Hall–Kier alpha value is -2.49. The summed E-state index contributed by atoms with van der Waals surface area (Å²) < 4.78 is 25.7. The maximum Gasteiger partial charge on any atom is 0.252 e. The molecule has 1 rings (SSSR count). The Kier molecular flexibility index (Phi) is 4.94. The first kappa shape index (κ1) is 14.6. The first-order chi connectivity index (χ1) is 8.95. The minimum Gasteiger partial charge on any atom is -0.368 e. The van der Waals surface area contributed by atoms with Gasteiger partial charge < -0.3 is 11.1 Å². The van der Waals surface area contributed by atoms with Crippen LogP contribution in [0.25, 0.3) is 0 Å². The Morgan fingerprint density at radius 2 is 2.05 bits per heavy atom. The maximum absolute atomic E-state index is 12.9. The van der Waals surface area contributed by atoms with E-state index in [4.69, 9.17) is 11.0 Å². The Bertz CT molecular complexity index is 540. The summed E-state index contributed by atoms with van der Waals surface area (Å²) in [5.41, 5.74) is 4.92. The molecule has 1 atom stereocenters. The second-order valence-electron chi connectivity index (χ2n) is 3.75. The number of carbonyl (C=O) groups is 2. The van der Waals surface area contributed by atoms with Crippen molar-refractivity contribution in [1.82, 2.24) is 5.32 Å². The minimum atomic E-state index is -1.17. The van der Waals surface area contributed by atoms with Crippen molar-refractivity contribution in [2.75, 3.05) is 0 Å². The highest BCUT2D eigenvalue weighted by molar-refractivity contribution is 5.97. The van der Waals surface area contributed by atoms with Gasteiger partial charge in [0.05, 0.1) is 6.07 Å². The van der Waals surface area contributed by atoms with Gasteiger partial charge in [-0.15, -0.1) is 0 Å². The highest BCUT2D eigenvalue weighted by atomic mass is 19.2. The molecular formula is C12H11F2N3O2. The molecular weight excluding hydrogens is 256 g/mol. The summed E-state index contributed by atoms with van der Waals surface area (Å²) in [6.07, 6.45) is 0.0902. The van der Waals surface area contributed by atoms with Crippen LogP contribution in [0, 0.1) is 23.0 Å². The molecule has 7 heteroatoms. The molecule has 100 valence electrons. The van der Waals surface area contributed by atoms with E-state index >= 15 is 0 Å². The van der Waals surface area contributed by atoms with Crippen molar-refractivity contribution < 1.29 is 18.4 Å². The predicted molar refractivity (Wildman–Crippen MR) is 61.7 cm³/mol. The lowest BCUT2D eigenvalue weighted by molar-refractivity contribution is -0.119. The number of nitrogens with one attached hydrogen (secondary N) is 1. The molecule has 0 saturated heterocycles. The average molecular weight is 267 g/mol. The van der Waals surface area contributed by atoms with Gasteiger partial charge in [0.15, 0.2) is 11.6 Å². The van der Waals surface area contributed by atoms with E-state index in [1.807, 2.05) is 6.07 Å². The Balaban J connectivity index is 2.79. The van der Waals surface area contributed by atoms with Crippen LogP contribution in [0.15, 0.2) is 18.2 Å². The molecule has 0 heterocycles. The van der Waals surface area contributed by atoms with Crippen molar-refractivity contribution in [2.24, 2.45) is 5.73 Å². The molecule has 0 aromatic heterocycles. The average Bonchev–Trinajstić information content (AvgIpc) is 2.37. The number of amides is 2. The third-order valence-corrected chi connectivity index (χ3v) is 2.38. The van der Waals surface area contributed by atoms with Crippen LogP contribution in [0.5, 0.6) is 0 Å². The standard InChI is InChI=1S/C12H11F2N3O2/c13-8-4-3-7(6-9(8)14)12(19)17-10(11(16)18)2-1-5-15/h3-4,6,10H,1-2H2,(H2,16,18)(H,17,19)/t10-/m0/s1. The number of carbonyl (C=O) groups excluding carboxylic acids is 2. The Morgan fingerprint density at radius 1 is 1.37 bits per heavy atom. The molecule has 0 aliphatic carbocycles. The van der Waals surface area contributed by atoms with Gasteiger partial charge in [-0.05, 0) is 24.6 Å². The van der Waals surface area contributed by atoms with Gasteiger partial charge in [0.25, 0.3) is 5.91 Å². The fourth-order valence-electron chi connectivity index (χ4n) is 1.37. The quantitative estimate of drug-likeness (QED) is 0.827. The van der Waals surface area contributed by atoms with Gasteiger partial charge in [-0.2, -0.15) is 5.26 Å². The lowest BCUT2D eigenvalue weighted by atomic mass is 10.1. The summed E-state index contributed by atoms with van der Waals surface area (Å²) in [6, 6.07) is 3.39. The zero-order valence-corrected chi connectivity index (χ0v) is 9.82. The SMILES string of the molecule is N#CCC[C@H](NC(=O)c1ccc(F)c(F)c1)C(N)=O. The first-order valence-corrected chi connectivity index (χ1v) is 5.38. The largest absolute Gasteiger partial charge is 0.368 e. The first-order valence-electron chi connectivity index (χ1n) is 5.38. The molecule has 1 aromatic carbocycles. The van der Waals surface area contributed by atoms with Crippen molar-refractivity contribution in [3.63, 3.8) is 0 Å². The van der Waals surface area contributed by atoms with Gasteiger partial charge in [0.1, 0.15) is 6.04 Å². The van der Waals surface area contributed by atoms with Crippen LogP contribution < -0.4 is 11.1 Å². The predicted octanol–water partition coefficient (Wildman–Crippen LogP) is 0.852. The number of rotatable bonds is 5. The summed E-state index contributed by atoms with van der Waals surface area (Å²) in [4.78, 5) is 22.8. The summed E-state index contributed by atoms with van der Waals surface area (Å²) in [5, 5.41) is 10.7. The lowest BCUT2D eigenvalue weighted by Gasteiger charge is -2.14. The normalized spacial score (nSPS) is 11.4. The van der Waals surface area contributed by atoms with Crippen molar-refractivity contribution in [3.8, 4) is 6.07 Å². The van der Waals surface area contributed by atoms with Crippen molar-refractivity contribution in [2.45, 2.75) is 18.9 Å². The van der Waals surface area contributed by atoms with Gasteiger partial charge in [0.2, 0.25) is 5.91 Å². The molecule has 5 nitrogen and oxygen atoms in total. The van der Waals surface area contributed by atoms with E-state index < -0.39 is 29.5 Å². The van der Waals surface area contributed by atoms with Crippen LogP contribution in [-0.2, 0) is 4.79 Å². The third kappa shape index (κ3) is 4.03. The van der Waals surface area contributed by atoms with Crippen LogP contribution in [0.3, 0.4) is 0 Å². The van der Waals surface area contributed by atoms with E-state index in [1.54, 1.807) is 0 Å². The Labute approximate surface area is 108 Å². The highest BCUT2D eigenvalue weighted by Gasteiger charge is 2.19. The van der Waals surface area contributed by atoms with E-state index in [0.717, 1.165) is 12.1 Å². The number of primary amides is 1.